The van der Waals surface area contributed by atoms with Gasteiger partial charge in [0, 0.05) is 17.7 Å². The predicted octanol–water partition coefficient (Wildman–Crippen LogP) is 2.27. The lowest BCUT2D eigenvalue weighted by atomic mass is 10.1. The normalized spacial score (nSPS) is 10.3. The maximum absolute atomic E-state index is 12.0. The van der Waals surface area contributed by atoms with Gasteiger partial charge in [-0.05, 0) is 59.0 Å². The molecule has 26 heavy (non-hydrogen) atoms. The summed E-state index contributed by atoms with van der Waals surface area (Å²) in [7, 11) is 0. The monoisotopic (exact) mass is 351 g/mol. The van der Waals surface area contributed by atoms with Crippen LogP contribution in [0.15, 0.2) is 54.9 Å². The summed E-state index contributed by atoms with van der Waals surface area (Å²) in [5.41, 5.74) is 2.05. The second-order valence-electron chi connectivity index (χ2n) is 5.44. The number of anilines is 1. The van der Waals surface area contributed by atoms with Crippen molar-refractivity contribution in [2.75, 3.05) is 11.9 Å². The van der Waals surface area contributed by atoms with Crippen molar-refractivity contribution in [3.63, 3.8) is 0 Å². The molecule has 0 unspecified atom stereocenters. The Kier molecular flexibility index (Phi) is 5.33. The van der Waals surface area contributed by atoms with Gasteiger partial charge in [-0.2, -0.15) is 0 Å². The first-order valence-electron chi connectivity index (χ1n) is 8.05. The number of rotatable bonds is 7. The number of carbonyl (C=O) groups is 2. The van der Waals surface area contributed by atoms with E-state index in [2.05, 4.69) is 20.8 Å². The van der Waals surface area contributed by atoms with Crippen LogP contribution in [0.1, 0.15) is 23.7 Å². The van der Waals surface area contributed by atoms with Crippen molar-refractivity contribution in [3.05, 3.63) is 60.4 Å². The average Bonchev–Trinajstić information content (AvgIpc) is 3.21. The molecule has 0 atom stereocenters. The summed E-state index contributed by atoms with van der Waals surface area (Å²) >= 11 is 0. The van der Waals surface area contributed by atoms with E-state index in [1.54, 1.807) is 48.5 Å². The molecule has 1 heterocycles. The Labute approximate surface area is 149 Å². The van der Waals surface area contributed by atoms with Crippen LogP contribution in [0.4, 0.5) is 5.69 Å². The standard InChI is InChI=1S/C18H17N5O3/c1-2-17(24)13-3-9-16(10-4-13)26-11-18(25)20-14-5-7-15(8-6-14)23-12-19-21-22-23/h3-10,12H,2,11H2,1H3,(H,20,25). The molecule has 3 rings (SSSR count). The SMILES string of the molecule is CCC(=O)c1ccc(OCC(=O)Nc2ccc(-n3cnnn3)cc2)cc1. The Morgan fingerprint density at radius 3 is 2.42 bits per heavy atom. The van der Waals surface area contributed by atoms with Crippen LogP contribution in [0.5, 0.6) is 5.75 Å². The van der Waals surface area contributed by atoms with Gasteiger partial charge in [-0.3, -0.25) is 9.59 Å². The van der Waals surface area contributed by atoms with E-state index in [0.29, 0.717) is 23.4 Å². The van der Waals surface area contributed by atoms with Crippen LogP contribution in [-0.4, -0.2) is 38.5 Å². The van der Waals surface area contributed by atoms with Crippen LogP contribution >= 0.6 is 0 Å². The maximum Gasteiger partial charge on any atom is 0.262 e. The molecule has 1 aromatic heterocycles. The molecular weight excluding hydrogens is 334 g/mol. The van der Waals surface area contributed by atoms with E-state index >= 15 is 0 Å². The number of nitrogens with zero attached hydrogens (tertiary/aromatic N) is 4. The molecule has 1 N–H and O–H groups in total. The fraction of sp³-hybridized carbons (Fsp3) is 0.167. The first-order chi connectivity index (χ1) is 12.7. The summed E-state index contributed by atoms with van der Waals surface area (Å²) in [6, 6.07) is 13.8. The van der Waals surface area contributed by atoms with Crippen LogP contribution in [0.25, 0.3) is 5.69 Å². The average molecular weight is 351 g/mol. The number of carbonyl (C=O) groups excluding carboxylic acids is 2. The number of aromatic nitrogens is 4. The number of ether oxygens (including phenoxy) is 1. The summed E-state index contributed by atoms with van der Waals surface area (Å²) < 4.78 is 6.95. The zero-order valence-corrected chi connectivity index (χ0v) is 14.1. The third-order valence-electron chi connectivity index (χ3n) is 3.63. The minimum Gasteiger partial charge on any atom is -0.484 e. The van der Waals surface area contributed by atoms with E-state index in [1.165, 1.54) is 11.0 Å². The van der Waals surface area contributed by atoms with Gasteiger partial charge < -0.3 is 10.1 Å². The number of tetrazole rings is 1. The largest absolute Gasteiger partial charge is 0.484 e. The van der Waals surface area contributed by atoms with Gasteiger partial charge in [0.1, 0.15) is 12.1 Å². The zero-order valence-electron chi connectivity index (χ0n) is 14.1. The van der Waals surface area contributed by atoms with Gasteiger partial charge in [-0.1, -0.05) is 6.92 Å². The molecule has 132 valence electrons. The van der Waals surface area contributed by atoms with E-state index in [9.17, 15) is 9.59 Å². The Morgan fingerprint density at radius 2 is 1.81 bits per heavy atom. The lowest BCUT2D eigenvalue weighted by Gasteiger charge is -2.08. The molecule has 1 amide bonds. The van der Waals surface area contributed by atoms with E-state index in [1.807, 2.05) is 6.92 Å². The second kappa shape index (κ2) is 8.02. The number of hydrogen-bond acceptors (Lipinski definition) is 6. The summed E-state index contributed by atoms with van der Waals surface area (Å²) in [5, 5.41) is 13.7. The number of Topliss-reactive ketones (excluding diaryl/α,β-unsaturated/α-hetero) is 1. The number of hydrogen-bond donors (Lipinski definition) is 1. The van der Waals surface area contributed by atoms with Crippen molar-refractivity contribution >= 4 is 17.4 Å². The van der Waals surface area contributed by atoms with Gasteiger partial charge in [0.2, 0.25) is 0 Å². The van der Waals surface area contributed by atoms with Gasteiger partial charge in [0.05, 0.1) is 5.69 Å². The quantitative estimate of drug-likeness (QED) is 0.656. The van der Waals surface area contributed by atoms with E-state index in [4.69, 9.17) is 4.74 Å². The molecular formula is C18H17N5O3. The number of amides is 1. The van der Waals surface area contributed by atoms with Gasteiger partial charge in [-0.25, -0.2) is 4.68 Å². The predicted molar refractivity (Wildman–Crippen MR) is 94.3 cm³/mol. The van der Waals surface area contributed by atoms with E-state index in [-0.39, 0.29) is 18.3 Å². The van der Waals surface area contributed by atoms with Crippen LogP contribution in [0.3, 0.4) is 0 Å². The van der Waals surface area contributed by atoms with Crippen molar-refractivity contribution in [2.24, 2.45) is 0 Å². The summed E-state index contributed by atoms with van der Waals surface area (Å²) in [6.45, 7) is 1.68. The van der Waals surface area contributed by atoms with Gasteiger partial charge in [-0.15, -0.1) is 5.10 Å². The smallest absolute Gasteiger partial charge is 0.262 e. The molecule has 0 saturated carbocycles. The summed E-state index contributed by atoms with van der Waals surface area (Å²) in [4.78, 5) is 23.6. The van der Waals surface area contributed by atoms with E-state index in [0.717, 1.165) is 5.69 Å². The molecule has 2 aromatic carbocycles. The highest BCUT2D eigenvalue weighted by molar-refractivity contribution is 5.96. The molecule has 8 heteroatoms. The Bertz CT molecular complexity index is 874. The minimum absolute atomic E-state index is 0.0689. The zero-order chi connectivity index (χ0) is 18.4. The molecule has 0 fully saturated rings. The molecule has 0 aliphatic heterocycles. The first kappa shape index (κ1) is 17.3. The van der Waals surface area contributed by atoms with Crippen LogP contribution < -0.4 is 10.1 Å². The fourth-order valence-electron chi connectivity index (χ4n) is 2.26. The molecule has 0 radical (unpaired) electrons. The summed E-state index contributed by atoms with van der Waals surface area (Å²) in [5.74, 6) is 0.315. The van der Waals surface area contributed by atoms with Crippen LogP contribution in [-0.2, 0) is 4.79 Å². The third kappa shape index (κ3) is 4.29. The Hall–Kier alpha value is -3.55. The van der Waals surface area contributed by atoms with E-state index < -0.39 is 0 Å². The molecule has 0 saturated heterocycles. The summed E-state index contributed by atoms with van der Waals surface area (Å²) in [6.07, 6.45) is 1.94. The van der Waals surface area contributed by atoms with Crippen LogP contribution in [0.2, 0.25) is 0 Å². The maximum atomic E-state index is 12.0. The fourth-order valence-corrected chi connectivity index (χ4v) is 2.26. The van der Waals surface area contributed by atoms with Crippen molar-refractivity contribution in [1.29, 1.82) is 0 Å². The van der Waals surface area contributed by atoms with Crippen molar-refractivity contribution in [2.45, 2.75) is 13.3 Å². The highest BCUT2D eigenvalue weighted by Gasteiger charge is 2.06. The Balaban J connectivity index is 1.51. The lowest BCUT2D eigenvalue weighted by Crippen LogP contribution is -2.20. The lowest BCUT2D eigenvalue weighted by molar-refractivity contribution is -0.118. The van der Waals surface area contributed by atoms with Crippen molar-refractivity contribution < 1.29 is 14.3 Å². The van der Waals surface area contributed by atoms with Crippen molar-refractivity contribution in [1.82, 2.24) is 20.2 Å². The molecule has 3 aromatic rings. The Morgan fingerprint density at radius 1 is 1.08 bits per heavy atom. The molecule has 0 aliphatic carbocycles. The number of ketones is 1. The van der Waals surface area contributed by atoms with Gasteiger partial charge in [0.15, 0.2) is 12.4 Å². The molecule has 0 bridgehead atoms. The highest BCUT2D eigenvalue weighted by atomic mass is 16.5. The van der Waals surface area contributed by atoms with Gasteiger partial charge in [0.25, 0.3) is 5.91 Å². The van der Waals surface area contributed by atoms with Crippen LogP contribution in [0, 0.1) is 0 Å². The van der Waals surface area contributed by atoms with Crippen molar-refractivity contribution in [3.8, 4) is 11.4 Å². The number of benzene rings is 2. The first-order valence-corrected chi connectivity index (χ1v) is 8.05. The van der Waals surface area contributed by atoms with Gasteiger partial charge >= 0.3 is 0 Å². The molecule has 8 nitrogen and oxygen atoms in total. The minimum atomic E-state index is -0.283. The second-order valence-corrected chi connectivity index (χ2v) is 5.44. The topological polar surface area (TPSA) is 99.0 Å². The molecule has 0 aliphatic rings. The molecule has 0 spiro atoms. The third-order valence-corrected chi connectivity index (χ3v) is 3.63. The number of nitrogens with one attached hydrogen (secondary N) is 1. The highest BCUT2D eigenvalue weighted by Crippen LogP contribution is 2.14.